The molecule has 0 N–H and O–H groups in total. The molecule has 2 amide bonds. The molecule has 0 atom stereocenters. The average molecular weight is 174 g/mol. The van der Waals surface area contributed by atoms with E-state index in [4.69, 9.17) is 0 Å². The minimum atomic E-state index is -0.622. The molecule has 0 spiro atoms. The van der Waals surface area contributed by atoms with Crippen LogP contribution in [-0.2, 0) is 14.4 Å². The van der Waals surface area contributed by atoms with Crippen LogP contribution in [0.5, 0.6) is 0 Å². The van der Waals surface area contributed by atoms with Crippen molar-refractivity contribution < 1.29 is 14.4 Å². The van der Waals surface area contributed by atoms with E-state index in [-0.39, 0.29) is 16.7 Å². The summed E-state index contributed by atoms with van der Waals surface area (Å²) in [6, 6.07) is 0. The van der Waals surface area contributed by atoms with Gasteiger partial charge in [-0.15, -0.1) is 0 Å². The summed E-state index contributed by atoms with van der Waals surface area (Å²) >= 11 is 0. The fourth-order valence-corrected chi connectivity index (χ4v) is 1.37. The number of hydrogen-bond donors (Lipinski definition) is 0. The normalized spacial score (nSPS) is 20.2. The van der Waals surface area contributed by atoms with Crippen LogP contribution in [0.4, 0.5) is 0 Å². The van der Waals surface area contributed by atoms with Crippen molar-refractivity contribution in [3.05, 3.63) is 28.9 Å². The van der Waals surface area contributed by atoms with Crippen LogP contribution in [0, 0.1) is 0 Å². The van der Waals surface area contributed by atoms with Gasteiger partial charge in [-0.3, -0.25) is 9.59 Å². The first kappa shape index (κ1) is 7.71. The summed E-state index contributed by atoms with van der Waals surface area (Å²) < 4.78 is 0. The quantitative estimate of drug-likeness (QED) is 0.373. The molecule has 0 saturated carbocycles. The first-order valence-corrected chi connectivity index (χ1v) is 3.69. The van der Waals surface area contributed by atoms with Gasteiger partial charge in [-0.2, -0.15) is 5.32 Å². The molecule has 4 nitrogen and oxygen atoms in total. The molecule has 0 fully saturated rings. The second-order valence-corrected chi connectivity index (χ2v) is 2.70. The second-order valence-electron chi connectivity index (χ2n) is 2.70. The van der Waals surface area contributed by atoms with Crippen molar-refractivity contribution in [1.29, 1.82) is 0 Å². The van der Waals surface area contributed by atoms with Crippen molar-refractivity contribution in [1.82, 2.24) is 5.32 Å². The minimum absolute atomic E-state index is 0.127. The molecule has 1 heterocycles. The van der Waals surface area contributed by atoms with E-state index in [0.29, 0.717) is 6.42 Å². The van der Waals surface area contributed by atoms with Gasteiger partial charge in [0, 0.05) is 6.42 Å². The van der Waals surface area contributed by atoms with Gasteiger partial charge in [-0.25, -0.2) is 4.79 Å². The number of imide groups is 1. The Morgan fingerprint density at radius 3 is 2.77 bits per heavy atom. The molecule has 1 radical (unpaired) electrons. The molecule has 1 aliphatic carbocycles. The maximum Gasteiger partial charge on any atom is 0.282 e. The number of amides is 2. The summed E-state index contributed by atoms with van der Waals surface area (Å²) in [5.74, 6) is 0.462. The van der Waals surface area contributed by atoms with E-state index in [1.54, 1.807) is 12.0 Å². The predicted octanol–water partition coefficient (Wildman–Crippen LogP) is -0.328. The van der Waals surface area contributed by atoms with Gasteiger partial charge in [0.2, 0.25) is 0 Å². The maximum atomic E-state index is 11.1. The lowest BCUT2D eigenvalue weighted by molar-refractivity contribution is -0.124. The van der Waals surface area contributed by atoms with Gasteiger partial charge in [-0.1, -0.05) is 12.2 Å². The number of carbonyl (C=O) groups is 2. The van der Waals surface area contributed by atoms with Crippen molar-refractivity contribution >= 4 is 17.8 Å². The van der Waals surface area contributed by atoms with Crippen LogP contribution in [0.1, 0.15) is 6.42 Å². The molecule has 0 saturated heterocycles. The Labute approximate surface area is 73.6 Å². The molecule has 13 heavy (non-hydrogen) atoms. The number of rotatable bonds is 0. The van der Waals surface area contributed by atoms with E-state index < -0.39 is 11.8 Å². The van der Waals surface area contributed by atoms with Crippen molar-refractivity contribution in [2.75, 3.05) is 0 Å². The Bertz CT molecular complexity index is 422. The first-order chi connectivity index (χ1) is 6.24. The number of allylic oxidation sites excluding steroid dienone is 1. The SMILES string of the molecule is O=C=C1CC=CC2=C1C(=O)[N]C2=O. The molecule has 2 aliphatic rings. The van der Waals surface area contributed by atoms with Crippen LogP contribution in [0.2, 0.25) is 0 Å². The van der Waals surface area contributed by atoms with E-state index in [2.05, 4.69) is 5.32 Å². The molecule has 2 rings (SSSR count). The lowest BCUT2D eigenvalue weighted by Crippen LogP contribution is -2.14. The van der Waals surface area contributed by atoms with E-state index in [1.807, 2.05) is 0 Å². The van der Waals surface area contributed by atoms with Crippen LogP contribution in [0.15, 0.2) is 28.9 Å². The molecule has 0 bridgehead atoms. The zero-order chi connectivity index (χ0) is 9.42. The van der Waals surface area contributed by atoms with Gasteiger partial charge in [0.15, 0.2) is 0 Å². The van der Waals surface area contributed by atoms with Crippen LogP contribution in [0.3, 0.4) is 0 Å². The highest BCUT2D eigenvalue weighted by Gasteiger charge is 2.34. The molecule has 0 unspecified atom stereocenters. The summed E-state index contributed by atoms with van der Waals surface area (Å²) in [4.78, 5) is 32.6. The highest BCUT2D eigenvalue weighted by molar-refractivity contribution is 6.23. The summed E-state index contributed by atoms with van der Waals surface area (Å²) in [7, 11) is 0. The van der Waals surface area contributed by atoms with Gasteiger partial charge in [-0.05, 0) is 0 Å². The van der Waals surface area contributed by atoms with E-state index in [1.165, 1.54) is 6.08 Å². The van der Waals surface area contributed by atoms with E-state index >= 15 is 0 Å². The summed E-state index contributed by atoms with van der Waals surface area (Å²) in [6.07, 6.45) is 3.51. The Hall–Kier alpha value is -1.93. The second kappa shape index (κ2) is 2.54. The van der Waals surface area contributed by atoms with E-state index in [9.17, 15) is 14.4 Å². The third-order valence-electron chi connectivity index (χ3n) is 1.95. The lowest BCUT2D eigenvalue weighted by atomic mass is 9.95. The molecular weight excluding hydrogens is 170 g/mol. The topological polar surface area (TPSA) is 65.3 Å². The molecule has 0 aromatic carbocycles. The third kappa shape index (κ3) is 0.965. The monoisotopic (exact) mass is 174 g/mol. The largest absolute Gasteiger partial charge is 0.282 e. The zero-order valence-corrected chi connectivity index (χ0v) is 6.53. The summed E-state index contributed by atoms with van der Waals surface area (Å²) in [5.41, 5.74) is 0.564. The van der Waals surface area contributed by atoms with Crippen molar-refractivity contribution in [3.8, 4) is 0 Å². The Balaban J connectivity index is 2.65. The predicted molar refractivity (Wildman–Crippen MR) is 42.1 cm³/mol. The Morgan fingerprint density at radius 2 is 2.08 bits per heavy atom. The van der Waals surface area contributed by atoms with Crippen LogP contribution >= 0.6 is 0 Å². The van der Waals surface area contributed by atoms with Crippen LogP contribution in [0.25, 0.3) is 0 Å². The van der Waals surface area contributed by atoms with E-state index in [0.717, 1.165) is 0 Å². The Kier molecular flexibility index (Phi) is 1.50. The minimum Gasteiger partial charge on any atom is -0.267 e. The smallest absolute Gasteiger partial charge is 0.267 e. The fraction of sp³-hybridized carbons (Fsp3) is 0.111. The van der Waals surface area contributed by atoms with Gasteiger partial charge >= 0.3 is 0 Å². The highest BCUT2D eigenvalue weighted by Crippen LogP contribution is 2.27. The molecule has 0 aromatic rings. The zero-order valence-electron chi connectivity index (χ0n) is 6.53. The van der Waals surface area contributed by atoms with Gasteiger partial charge < -0.3 is 0 Å². The highest BCUT2D eigenvalue weighted by atomic mass is 16.2. The molecule has 4 heteroatoms. The Morgan fingerprint density at radius 1 is 1.31 bits per heavy atom. The molecule has 63 valence electrons. The average Bonchev–Trinajstić information content (AvgIpc) is 2.43. The first-order valence-electron chi connectivity index (χ1n) is 3.69. The number of hydrogen-bond acceptors (Lipinski definition) is 3. The number of carbonyl (C=O) groups excluding carboxylic acids is 3. The molecular formula is C9H4NO3. The maximum absolute atomic E-state index is 11.1. The molecule has 0 aromatic heterocycles. The fourth-order valence-electron chi connectivity index (χ4n) is 1.37. The van der Waals surface area contributed by atoms with Gasteiger partial charge in [0.05, 0.1) is 16.7 Å². The third-order valence-corrected chi connectivity index (χ3v) is 1.95. The lowest BCUT2D eigenvalue weighted by Gasteiger charge is -2.03. The van der Waals surface area contributed by atoms with Crippen molar-refractivity contribution in [2.24, 2.45) is 0 Å². The van der Waals surface area contributed by atoms with Gasteiger partial charge in [0.1, 0.15) is 5.94 Å². The van der Waals surface area contributed by atoms with Crippen LogP contribution in [-0.4, -0.2) is 17.8 Å². The summed E-state index contributed by atoms with van der Waals surface area (Å²) in [6.45, 7) is 0. The molecule has 1 aliphatic heterocycles. The van der Waals surface area contributed by atoms with Crippen molar-refractivity contribution in [3.63, 3.8) is 0 Å². The van der Waals surface area contributed by atoms with Crippen molar-refractivity contribution in [2.45, 2.75) is 6.42 Å². The summed E-state index contributed by atoms with van der Waals surface area (Å²) in [5, 5.41) is 3.23. The van der Waals surface area contributed by atoms with Gasteiger partial charge in [0.25, 0.3) is 11.8 Å². The van der Waals surface area contributed by atoms with Crippen LogP contribution < -0.4 is 5.32 Å². The number of nitrogens with zero attached hydrogens (tertiary/aromatic N) is 1. The standard InChI is InChI=1S/C9H4NO3/c11-4-5-2-1-3-6-7(5)9(13)10-8(6)12/h1,3H,2H2.